The fourth-order valence-corrected chi connectivity index (χ4v) is 4.83. The molecule has 7 nitrogen and oxygen atoms in total. The standard InChI is InChI=1S/C21H20N2O5S/c1-14(24)15-6-8-17(9-7-15)28-21(25)16-10-12-23(13-11-16)20-18-4-2-3-5-19(18)29(26,27)22-20/h2-9,16H,10-13H2,1H3. The van der Waals surface area contributed by atoms with Crippen molar-refractivity contribution in [3.8, 4) is 5.75 Å². The molecule has 150 valence electrons. The van der Waals surface area contributed by atoms with Crippen LogP contribution in [0.5, 0.6) is 5.75 Å². The SMILES string of the molecule is CC(=O)c1ccc(OC(=O)C2CCN(C3=NS(=O)(=O)c4ccccc43)CC2)cc1. The number of sulfonamides is 1. The number of fused-ring (bicyclic) bond motifs is 1. The predicted octanol–water partition coefficient (Wildman–Crippen LogP) is 2.66. The number of Topliss-reactive ketones (excluding diaryl/α,β-unsaturated/α-hetero) is 1. The van der Waals surface area contributed by atoms with Crippen molar-refractivity contribution in [3.63, 3.8) is 0 Å². The number of piperidine rings is 1. The minimum Gasteiger partial charge on any atom is -0.426 e. The molecule has 2 aliphatic rings. The van der Waals surface area contributed by atoms with E-state index >= 15 is 0 Å². The molecule has 0 spiro atoms. The van der Waals surface area contributed by atoms with Gasteiger partial charge in [0.15, 0.2) is 11.6 Å². The summed E-state index contributed by atoms with van der Waals surface area (Å²) in [6, 6.07) is 13.3. The van der Waals surface area contributed by atoms with Gasteiger partial charge < -0.3 is 9.64 Å². The van der Waals surface area contributed by atoms with Crippen LogP contribution in [0.25, 0.3) is 0 Å². The minimum absolute atomic E-state index is 0.0475. The summed E-state index contributed by atoms with van der Waals surface area (Å²) in [6.07, 6.45) is 1.09. The largest absolute Gasteiger partial charge is 0.426 e. The normalized spacial score (nSPS) is 18.1. The van der Waals surface area contributed by atoms with Crippen LogP contribution in [0.1, 0.15) is 35.7 Å². The first kappa shape index (κ1) is 19.3. The van der Waals surface area contributed by atoms with Gasteiger partial charge in [0, 0.05) is 24.2 Å². The molecule has 1 saturated heterocycles. The molecule has 0 atom stereocenters. The second-order valence-electron chi connectivity index (χ2n) is 7.15. The molecule has 0 unspecified atom stereocenters. The fourth-order valence-electron chi connectivity index (χ4n) is 3.60. The number of carbonyl (C=O) groups is 2. The van der Waals surface area contributed by atoms with Gasteiger partial charge in [0.05, 0.1) is 5.92 Å². The van der Waals surface area contributed by atoms with E-state index in [1.54, 1.807) is 48.5 Å². The van der Waals surface area contributed by atoms with Crippen LogP contribution < -0.4 is 4.74 Å². The highest BCUT2D eigenvalue weighted by Gasteiger charge is 2.34. The van der Waals surface area contributed by atoms with E-state index in [-0.39, 0.29) is 22.6 Å². The average molecular weight is 412 g/mol. The number of amidine groups is 1. The van der Waals surface area contributed by atoms with Crippen LogP contribution in [0, 0.1) is 5.92 Å². The van der Waals surface area contributed by atoms with Crippen molar-refractivity contribution in [1.29, 1.82) is 0 Å². The molecule has 0 radical (unpaired) electrons. The molecule has 2 aliphatic heterocycles. The van der Waals surface area contributed by atoms with Gasteiger partial charge in [-0.1, -0.05) is 12.1 Å². The highest BCUT2D eigenvalue weighted by Crippen LogP contribution is 2.30. The number of hydrogen-bond acceptors (Lipinski definition) is 6. The number of carbonyl (C=O) groups excluding carboxylic acids is 2. The van der Waals surface area contributed by atoms with E-state index in [9.17, 15) is 18.0 Å². The highest BCUT2D eigenvalue weighted by molar-refractivity contribution is 7.90. The molecule has 0 N–H and O–H groups in total. The van der Waals surface area contributed by atoms with Crippen LogP contribution in [0.15, 0.2) is 57.8 Å². The molecular weight excluding hydrogens is 392 g/mol. The van der Waals surface area contributed by atoms with Gasteiger partial charge in [-0.3, -0.25) is 9.59 Å². The first-order valence-corrected chi connectivity index (χ1v) is 10.8. The van der Waals surface area contributed by atoms with Crippen molar-refractivity contribution < 1.29 is 22.7 Å². The van der Waals surface area contributed by atoms with Gasteiger partial charge in [-0.2, -0.15) is 8.42 Å². The third-order valence-electron chi connectivity index (χ3n) is 5.22. The number of rotatable bonds is 3. The molecule has 8 heteroatoms. The zero-order valence-electron chi connectivity index (χ0n) is 15.9. The molecule has 4 rings (SSSR count). The molecule has 0 bridgehead atoms. The van der Waals surface area contributed by atoms with Crippen LogP contribution in [-0.4, -0.2) is 44.0 Å². The zero-order valence-corrected chi connectivity index (χ0v) is 16.7. The topological polar surface area (TPSA) is 93.1 Å². The van der Waals surface area contributed by atoms with Crippen molar-refractivity contribution >= 4 is 27.6 Å². The van der Waals surface area contributed by atoms with Crippen molar-refractivity contribution in [2.45, 2.75) is 24.7 Å². The van der Waals surface area contributed by atoms with Gasteiger partial charge in [0.25, 0.3) is 10.0 Å². The Morgan fingerprint density at radius 3 is 2.34 bits per heavy atom. The Morgan fingerprint density at radius 1 is 1.03 bits per heavy atom. The molecule has 0 aliphatic carbocycles. The molecule has 2 heterocycles. The number of nitrogens with zero attached hydrogens (tertiary/aromatic N) is 2. The van der Waals surface area contributed by atoms with Crippen molar-refractivity contribution in [2.24, 2.45) is 10.3 Å². The number of likely N-dealkylation sites (tertiary alicyclic amines) is 1. The minimum atomic E-state index is -3.65. The molecule has 0 aromatic heterocycles. The monoisotopic (exact) mass is 412 g/mol. The zero-order chi connectivity index (χ0) is 20.6. The van der Waals surface area contributed by atoms with Gasteiger partial charge >= 0.3 is 5.97 Å². The summed E-state index contributed by atoms with van der Waals surface area (Å²) >= 11 is 0. The lowest BCUT2D eigenvalue weighted by Gasteiger charge is -2.32. The van der Waals surface area contributed by atoms with Gasteiger partial charge in [-0.05, 0) is 56.2 Å². The third kappa shape index (κ3) is 3.80. The van der Waals surface area contributed by atoms with E-state index in [4.69, 9.17) is 4.74 Å². The molecule has 0 saturated carbocycles. The van der Waals surface area contributed by atoms with Gasteiger partial charge in [0.1, 0.15) is 10.6 Å². The quantitative estimate of drug-likeness (QED) is 0.437. The van der Waals surface area contributed by atoms with Crippen molar-refractivity contribution in [3.05, 3.63) is 59.7 Å². The first-order valence-electron chi connectivity index (χ1n) is 9.37. The fraction of sp³-hybridized carbons (Fsp3) is 0.286. The summed E-state index contributed by atoms with van der Waals surface area (Å²) in [5.41, 5.74) is 1.17. The number of hydrogen-bond donors (Lipinski definition) is 0. The van der Waals surface area contributed by atoms with E-state index in [0.717, 1.165) is 0 Å². The summed E-state index contributed by atoms with van der Waals surface area (Å²) in [7, 11) is -3.65. The summed E-state index contributed by atoms with van der Waals surface area (Å²) in [4.78, 5) is 25.9. The van der Waals surface area contributed by atoms with Gasteiger partial charge in [0.2, 0.25) is 0 Å². The number of ether oxygens (including phenoxy) is 1. The smallest absolute Gasteiger partial charge is 0.314 e. The second-order valence-corrected chi connectivity index (χ2v) is 8.72. The van der Waals surface area contributed by atoms with E-state index < -0.39 is 10.0 Å². The second kappa shape index (κ2) is 7.44. The predicted molar refractivity (Wildman–Crippen MR) is 107 cm³/mol. The molecular formula is C21H20N2O5S. The summed E-state index contributed by atoms with van der Waals surface area (Å²) in [5, 5.41) is 0. The van der Waals surface area contributed by atoms with E-state index in [2.05, 4.69) is 4.40 Å². The molecule has 2 aromatic carbocycles. The lowest BCUT2D eigenvalue weighted by atomic mass is 9.96. The Kier molecular flexibility index (Phi) is 4.96. The van der Waals surface area contributed by atoms with Crippen LogP contribution in [-0.2, 0) is 14.8 Å². The Balaban J connectivity index is 1.40. The highest BCUT2D eigenvalue weighted by atomic mass is 32.2. The maximum atomic E-state index is 12.5. The van der Waals surface area contributed by atoms with Crippen molar-refractivity contribution in [1.82, 2.24) is 4.90 Å². The first-order chi connectivity index (χ1) is 13.8. The third-order valence-corrected chi connectivity index (χ3v) is 6.54. The van der Waals surface area contributed by atoms with E-state index in [0.29, 0.717) is 48.6 Å². The Hall–Kier alpha value is -3.00. The average Bonchev–Trinajstić information content (AvgIpc) is 3.00. The summed E-state index contributed by atoms with van der Waals surface area (Å²) in [5.74, 6) is 0.220. The van der Waals surface area contributed by atoms with Crippen LogP contribution in [0.3, 0.4) is 0 Å². The van der Waals surface area contributed by atoms with Crippen LogP contribution >= 0.6 is 0 Å². The van der Waals surface area contributed by atoms with Crippen LogP contribution in [0.4, 0.5) is 0 Å². The number of esters is 1. The van der Waals surface area contributed by atoms with Crippen molar-refractivity contribution in [2.75, 3.05) is 13.1 Å². The Morgan fingerprint density at radius 2 is 1.69 bits per heavy atom. The lowest BCUT2D eigenvalue weighted by molar-refractivity contribution is -0.140. The van der Waals surface area contributed by atoms with Gasteiger partial charge in [-0.15, -0.1) is 4.40 Å². The molecule has 0 amide bonds. The van der Waals surface area contributed by atoms with Crippen LogP contribution in [0.2, 0.25) is 0 Å². The maximum absolute atomic E-state index is 12.5. The Labute approximate surface area is 169 Å². The summed E-state index contributed by atoms with van der Waals surface area (Å²) < 4.78 is 33.9. The van der Waals surface area contributed by atoms with E-state index in [1.807, 2.05) is 4.90 Å². The Bertz CT molecular complexity index is 1100. The van der Waals surface area contributed by atoms with Gasteiger partial charge in [-0.25, -0.2) is 0 Å². The molecule has 1 fully saturated rings. The molecule has 29 heavy (non-hydrogen) atoms. The van der Waals surface area contributed by atoms with E-state index in [1.165, 1.54) is 6.92 Å². The summed E-state index contributed by atoms with van der Waals surface area (Å²) in [6.45, 7) is 2.52. The molecule has 2 aromatic rings. The number of benzene rings is 2. The lowest BCUT2D eigenvalue weighted by Crippen LogP contribution is -2.41. The maximum Gasteiger partial charge on any atom is 0.314 e. The number of ketones is 1.